The van der Waals surface area contributed by atoms with Crippen molar-refractivity contribution in [1.82, 2.24) is 0 Å². The number of carbonyl (C=O) groups excluding carboxylic acids is 1. The minimum absolute atomic E-state index is 0.0389. The highest BCUT2D eigenvalue weighted by Crippen LogP contribution is 2.29. The first-order valence-electron chi connectivity index (χ1n) is 8.15. The Morgan fingerprint density at radius 3 is 2.52 bits per heavy atom. The highest BCUT2D eigenvalue weighted by Gasteiger charge is 2.11. The minimum atomic E-state index is -0.277. The Morgan fingerprint density at radius 2 is 1.68 bits per heavy atom. The summed E-state index contributed by atoms with van der Waals surface area (Å²) in [4.78, 5) is 12.4. The molecule has 4 rings (SSSR count). The zero-order valence-electron chi connectivity index (χ0n) is 13.5. The Morgan fingerprint density at radius 1 is 0.920 bits per heavy atom. The van der Waals surface area contributed by atoms with Crippen LogP contribution in [-0.2, 0) is 0 Å². The molecule has 4 heteroatoms. The van der Waals surface area contributed by atoms with Crippen molar-refractivity contribution < 1.29 is 13.6 Å². The average molecular weight is 333 g/mol. The van der Waals surface area contributed by atoms with Crippen LogP contribution in [0.5, 0.6) is 0 Å². The summed E-state index contributed by atoms with van der Waals surface area (Å²) in [5.41, 5.74) is 2.97. The fourth-order valence-electron chi connectivity index (χ4n) is 2.93. The van der Waals surface area contributed by atoms with Crippen LogP contribution in [0.2, 0.25) is 0 Å². The molecule has 124 valence electrons. The van der Waals surface area contributed by atoms with Gasteiger partial charge in [0, 0.05) is 35.0 Å². The molecule has 0 aliphatic rings. The van der Waals surface area contributed by atoms with Gasteiger partial charge < -0.3 is 9.73 Å². The quantitative estimate of drug-likeness (QED) is 0.497. The van der Waals surface area contributed by atoms with E-state index in [0.717, 1.165) is 27.6 Å². The summed E-state index contributed by atoms with van der Waals surface area (Å²) in [6, 6.07) is 19.5. The van der Waals surface area contributed by atoms with Crippen LogP contribution in [0, 0.1) is 5.82 Å². The molecule has 0 spiro atoms. The van der Waals surface area contributed by atoms with Crippen molar-refractivity contribution in [2.75, 3.05) is 11.9 Å². The molecule has 1 heterocycles. The van der Waals surface area contributed by atoms with Crippen molar-refractivity contribution in [2.45, 2.75) is 6.42 Å². The summed E-state index contributed by atoms with van der Waals surface area (Å²) >= 11 is 0. The van der Waals surface area contributed by atoms with E-state index in [9.17, 15) is 9.18 Å². The Hall–Kier alpha value is -3.14. The van der Waals surface area contributed by atoms with Crippen LogP contribution >= 0.6 is 0 Å². The molecule has 0 saturated carbocycles. The number of hydrogen-bond acceptors (Lipinski definition) is 3. The summed E-state index contributed by atoms with van der Waals surface area (Å²) < 4.78 is 18.7. The maximum atomic E-state index is 12.9. The molecule has 1 N–H and O–H groups in total. The molecule has 25 heavy (non-hydrogen) atoms. The van der Waals surface area contributed by atoms with Gasteiger partial charge in [-0.05, 0) is 42.5 Å². The van der Waals surface area contributed by atoms with E-state index < -0.39 is 0 Å². The van der Waals surface area contributed by atoms with E-state index in [1.807, 2.05) is 36.4 Å². The first-order chi connectivity index (χ1) is 12.2. The molecule has 4 aromatic rings. The van der Waals surface area contributed by atoms with Crippen LogP contribution in [-0.4, -0.2) is 12.3 Å². The second-order valence-electron chi connectivity index (χ2n) is 5.92. The monoisotopic (exact) mass is 333 g/mol. The molecule has 0 saturated heterocycles. The van der Waals surface area contributed by atoms with Gasteiger partial charge >= 0.3 is 0 Å². The average Bonchev–Trinajstić information content (AvgIpc) is 3.01. The van der Waals surface area contributed by atoms with E-state index in [4.69, 9.17) is 4.42 Å². The molecular formula is C21H16FNO2. The summed E-state index contributed by atoms with van der Waals surface area (Å²) in [5, 5.41) is 5.18. The van der Waals surface area contributed by atoms with Crippen molar-refractivity contribution in [3.05, 3.63) is 78.1 Å². The van der Waals surface area contributed by atoms with Crippen LogP contribution in [0.15, 0.2) is 71.1 Å². The van der Waals surface area contributed by atoms with Crippen molar-refractivity contribution in [3.63, 3.8) is 0 Å². The topological polar surface area (TPSA) is 42.2 Å². The van der Waals surface area contributed by atoms with Gasteiger partial charge in [-0.25, -0.2) is 4.39 Å². The minimum Gasteiger partial charge on any atom is -0.456 e. The molecule has 0 radical (unpaired) electrons. The number of ketones is 1. The highest BCUT2D eigenvalue weighted by molar-refractivity contribution is 6.07. The number of furan rings is 1. The second kappa shape index (κ2) is 6.40. The predicted molar refractivity (Wildman–Crippen MR) is 97.6 cm³/mol. The molecule has 0 bridgehead atoms. The molecule has 0 aliphatic carbocycles. The molecule has 0 atom stereocenters. The van der Waals surface area contributed by atoms with Crippen LogP contribution in [0.25, 0.3) is 21.9 Å². The van der Waals surface area contributed by atoms with E-state index >= 15 is 0 Å². The molecule has 1 aromatic heterocycles. The van der Waals surface area contributed by atoms with Gasteiger partial charge in [0.1, 0.15) is 17.0 Å². The number of anilines is 1. The Bertz CT molecular complexity index is 1050. The molecule has 0 amide bonds. The lowest BCUT2D eigenvalue weighted by atomic mass is 10.1. The van der Waals surface area contributed by atoms with Crippen molar-refractivity contribution in [1.29, 1.82) is 0 Å². The van der Waals surface area contributed by atoms with E-state index in [1.54, 1.807) is 18.2 Å². The maximum absolute atomic E-state index is 12.9. The Balaban J connectivity index is 1.48. The summed E-state index contributed by atoms with van der Waals surface area (Å²) in [5.74, 6) is -0.238. The smallest absolute Gasteiger partial charge is 0.164 e. The number of hydrogen-bond donors (Lipinski definition) is 1. The van der Waals surface area contributed by atoms with E-state index in [1.165, 1.54) is 12.1 Å². The van der Waals surface area contributed by atoms with Crippen molar-refractivity contribution in [3.8, 4) is 0 Å². The van der Waals surface area contributed by atoms with E-state index in [2.05, 4.69) is 5.32 Å². The number of nitrogens with one attached hydrogen (secondary N) is 1. The van der Waals surface area contributed by atoms with Crippen LogP contribution in [0.3, 0.4) is 0 Å². The third kappa shape index (κ3) is 3.11. The molecule has 3 nitrogen and oxygen atoms in total. The number of para-hydroxylation sites is 1. The standard InChI is InChI=1S/C21H16FNO2/c22-15-6-8-16(9-7-15)23-12-11-19(24)14-5-10-18-17-3-1-2-4-20(17)25-21(18)13-14/h1-10,13,23H,11-12H2. The van der Waals surface area contributed by atoms with Gasteiger partial charge in [0.2, 0.25) is 0 Å². The third-order valence-corrected chi connectivity index (χ3v) is 4.23. The number of carbonyl (C=O) groups is 1. The second-order valence-corrected chi connectivity index (χ2v) is 5.92. The van der Waals surface area contributed by atoms with Crippen LogP contribution < -0.4 is 5.32 Å². The maximum Gasteiger partial charge on any atom is 0.164 e. The first-order valence-corrected chi connectivity index (χ1v) is 8.15. The van der Waals surface area contributed by atoms with Crippen molar-refractivity contribution >= 4 is 33.4 Å². The number of benzene rings is 3. The molecule has 0 aliphatic heterocycles. The zero-order valence-corrected chi connectivity index (χ0v) is 13.5. The summed E-state index contributed by atoms with van der Waals surface area (Å²) in [6.45, 7) is 0.489. The van der Waals surface area contributed by atoms with Gasteiger partial charge in [-0.15, -0.1) is 0 Å². The van der Waals surface area contributed by atoms with Gasteiger partial charge in [-0.2, -0.15) is 0 Å². The SMILES string of the molecule is O=C(CCNc1ccc(F)cc1)c1ccc2c(c1)oc1ccccc12. The van der Waals surface area contributed by atoms with Crippen LogP contribution in [0.4, 0.5) is 10.1 Å². The van der Waals surface area contributed by atoms with E-state index in [0.29, 0.717) is 18.5 Å². The Kier molecular flexibility index (Phi) is 3.94. The van der Waals surface area contributed by atoms with Gasteiger partial charge in [0.25, 0.3) is 0 Å². The summed E-state index contributed by atoms with van der Waals surface area (Å²) in [7, 11) is 0. The van der Waals surface area contributed by atoms with Gasteiger partial charge in [0.15, 0.2) is 5.78 Å². The molecule has 3 aromatic carbocycles. The fourth-order valence-corrected chi connectivity index (χ4v) is 2.93. The lowest BCUT2D eigenvalue weighted by Gasteiger charge is -2.06. The predicted octanol–water partition coefficient (Wildman–Crippen LogP) is 5.41. The van der Waals surface area contributed by atoms with Gasteiger partial charge in [-0.3, -0.25) is 4.79 Å². The summed E-state index contributed by atoms with van der Waals surface area (Å²) in [6.07, 6.45) is 0.350. The van der Waals surface area contributed by atoms with Gasteiger partial charge in [0.05, 0.1) is 0 Å². The fraction of sp³-hybridized carbons (Fsp3) is 0.0952. The third-order valence-electron chi connectivity index (χ3n) is 4.23. The normalized spacial score (nSPS) is 11.1. The lowest BCUT2D eigenvalue weighted by Crippen LogP contribution is -2.08. The molecule has 0 unspecified atom stereocenters. The zero-order chi connectivity index (χ0) is 17.2. The number of rotatable bonds is 5. The largest absolute Gasteiger partial charge is 0.456 e. The first kappa shape index (κ1) is 15.4. The number of Topliss-reactive ketones (excluding diaryl/α,β-unsaturated/α-hetero) is 1. The lowest BCUT2D eigenvalue weighted by molar-refractivity contribution is 0.0986. The number of fused-ring (bicyclic) bond motifs is 3. The van der Waals surface area contributed by atoms with Crippen LogP contribution in [0.1, 0.15) is 16.8 Å². The van der Waals surface area contributed by atoms with Crippen molar-refractivity contribution in [2.24, 2.45) is 0 Å². The van der Waals surface area contributed by atoms with E-state index in [-0.39, 0.29) is 11.6 Å². The van der Waals surface area contributed by atoms with Gasteiger partial charge in [-0.1, -0.05) is 24.3 Å². The Labute approximate surface area is 144 Å². The molecule has 0 fully saturated rings. The number of halogens is 1. The highest BCUT2D eigenvalue weighted by atomic mass is 19.1. The molecular weight excluding hydrogens is 317 g/mol.